The Labute approximate surface area is 130 Å². The molecule has 0 N–H and O–H groups in total. The Balaban J connectivity index is 2.59. The summed E-state index contributed by atoms with van der Waals surface area (Å²) in [5, 5.41) is 0. The molecule has 1 fully saturated rings. The monoisotopic (exact) mass is 322 g/mol. The number of hydrogen-bond donors (Lipinski definition) is 0. The lowest BCUT2D eigenvalue weighted by atomic mass is 9.64. The Morgan fingerprint density at radius 3 is 2.10 bits per heavy atom. The third-order valence-electron chi connectivity index (χ3n) is 5.01. The van der Waals surface area contributed by atoms with Crippen molar-refractivity contribution in [1.29, 1.82) is 0 Å². The second-order valence-corrected chi connectivity index (χ2v) is 10.2. The fourth-order valence-electron chi connectivity index (χ4n) is 3.33. The van der Waals surface area contributed by atoms with Gasteiger partial charge < -0.3 is 0 Å². The van der Waals surface area contributed by atoms with Crippen LogP contribution in [0.4, 0.5) is 0 Å². The van der Waals surface area contributed by atoms with Crippen molar-refractivity contribution in [2.75, 3.05) is 17.4 Å². The van der Waals surface area contributed by atoms with Crippen LogP contribution < -0.4 is 0 Å². The van der Waals surface area contributed by atoms with Crippen LogP contribution in [0.25, 0.3) is 0 Å². The van der Waals surface area contributed by atoms with Gasteiger partial charge in [0.25, 0.3) is 0 Å². The zero-order chi connectivity index (χ0) is 15.4. The lowest BCUT2D eigenvalue weighted by Gasteiger charge is -2.43. The second kappa shape index (κ2) is 7.00. The van der Waals surface area contributed by atoms with Crippen molar-refractivity contribution in [2.45, 2.75) is 66.2 Å². The highest BCUT2D eigenvalue weighted by molar-refractivity contribution is 7.91. The Morgan fingerprint density at radius 1 is 1.15 bits per heavy atom. The minimum absolute atomic E-state index is 0.0596. The largest absolute Gasteiger partial charge is 0.229 e. The molecule has 0 unspecified atom stereocenters. The van der Waals surface area contributed by atoms with E-state index >= 15 is 0 Å². The highest BCUT2D eigenvalue weighted by Gasteiger charge is 2.38. The van der Waals surface area contributed by atoms with E-state index in [2.05, 4.69) is 20.8 Å². The zero-order valence-corrected chi connectivity index (χ0v) is 15.1. The van der Waals surface area contributed by atoms with Crippen LogP contribution in [-0.2, 0) is 9.84 Å². The molecule has 120 valence electrons. The summed E-state index contributed by atoms with van der Waals surface area (Å²) in [6.07, 6.45) is 5.99. The summed E-state index contributed by atoms with van der Waals surface area (Å²) in [5.74, 6) is 1.97. The smallest absolute Gasteiger partial charge is 0.150 e. The summed E-state index contributed by atoms with van der Waals surface area (Å²) in [4.78, 5) is 0. The van der Waals surface area contributed by atoms with Gasteiger partial charge in [0.05, 0.1) is 5.75 Å². The zero-order valence-electron chi connectivity index (χ0n) is 13.5. The predicted molar refractivity (Wildman–Crippen MR) is 88.1 cm³/mol. The summed E-state index contributed by atoms with van der Waals surface area (Å²) < 4.78 is 23.8. The molecule has 0 aromatic heterocycles. The molecule has 0 amide bonds. The quantitative estimate of drug-likeness (QED) is 0.666. The molecule has 0 bridgehead atoms. The fourth-order valence-corrected chi connectivity index (χ4v) is 5.30. The first kappa shape index (κ1) is 18.3. The molecule has 1 aliphatic rings. The first-order valence-corrected chi connectivity index (χ1v) is 10.3. The van der Waals surface area contributed by atoms with E-state index in [1.165, 1.54) is 12.8 Å². The highest BCUT2D eigenvalue weighted by Crippen LogP contribution is 2.47. The first-order chi connectivity index (χ1) is 9.14. The van der Waals surface area contributed by atoms with Crippen molar-refractivity contribution >= 4 is 21.4 Å². The molecular formula is C16H31ClO2S. The van der Waals surface area contributed by atoms with Gasteiger partial charge >= 0.3 is 0 Å². The summed E-state index contributed by atoms with van der Waals surface area (Å²) in [7, 11) is -2.88. The minimum Gasteiger partial charge on any atom is -0.229 e. The molecule has 0 aromatic carbocycles. The molecule has 1 saturated carbocycles. The van der Waals surface area contributed by atoms with Gasteiger partial charge in [-0.2, -0.15) is 0 Å². The molecule has 0 atom stereocenters. The average molecular weight is 323 g/mol. The summed E-state index contributed by atoms with van der Waals surface area (Å²) in [6, 6.07) is 0. The molecular weight excluding hydrogens is 292 g/mol. The van der Waals surface area contributed by atoms with Crippen LogP contribution in [0, 0.1) is 16.7 Å². The number of sulfone groups is 1. The summed E-state index contributed by atoms with van der Waals surface area (Å²) >= 11 is 6.21. The Hall–Kier alpha value is 0.240. The Morgan fingerprint density at radius 2 is 1.70 bits per heavy atom. The summed E-state index contributed by atoms with van der Waals surface area (Å²) in [6.45, 7) is 8.83. The van der Waals surface area contributed by atoms with Gasteiger partial charge in [-0.15, -0.1) is 11.6 Å². The molecule has 20 heavy (non-hydrogen) atoms. The van der Waals surface area contributed by atoms with E-state index in [-0.39, 0.29) is 5.41 Å². The maximum atomic E-state index is 11.9. The summed E-state index contributed by atoms with van der Waals surface area (Å²) in [5.41, 5.74) is 0.414. The first-order valence-electron chi connectivity index (χ1n) is 7.90. The van der Waals surface area contributed by atoms with Crippen LogP contribution >= 0.6 is 11.6 Å². The van der Waals surface area contributed by atoms with E-state index in [9.17, 15) is 8.42 Å². The lowest BCUT2D eigenvalue weighted by molar-refractivity contribution is 0.0995. The van der Waals surface area contributed by atoms with Crippen molar-refractivity contribution < 1.29 is 8.42 Å². The third kappa shape index (κ3) is 5.22. The van der Waals surface area contributed by atoms with E-state index in [1.807, 2.05) is 6.92 Å². The molecule has 0 spiro atoms. The SMILES string of the molecule is CCCS(=O)(=O)CCC1(CCl)CCC(C(C)(C)C)CC1. The highest BCUT2D eigenvalue weighted by atomic mass is 35.5. The number of hydrogen-bond acceptors (Lipinski definition) is 2. The van der Waals surface area contributed by atoms with Gasteiger partial charge in [-0.25, -0.2) is 8.42 Å². The standard InChI is InChI=1S/C16H31ClO2S/c1-5-11-20(18,19)12-10-16(13-17)8-6-14(7-9-16)15(2,3)4/h14H,5-13H2,1-4H3. The van der Waals surface area contributed by atoms with Gasteiger partial charge in [0.1, 0.15) is 9.84 Å². The lowest BCUT2D eigenvalue weighted by Crippen LogP contribution is -2.35. The maximum Gasteiger partial charge on any atom is 0.150 e. The molecule has 2 nitrogen and oxygen atoms in total. The van der Waals surface area contributed by atoms with Crippen LogP contribution in [0.15, 0.2) is 0 Å². The van der Waals surface area contributed by atoms with Gasteiger partial charge in [0.2, 0.25) is 0 Å². The van der Waals surface area contributed by atoms with Gasteiger partial charge in [-0.1, -0.05) is 27.7 Å². The van der Waals surface area contributed by atoms with Gasteiger partial charge in [-0.3, -0.25) is 0 Å². The molecule has 4 heteroatoms. The number of rotatable bonds is 6. The van der Waals surface area contributed by atoms with E-state index < -0.39 is 9.84 Å². The third-order valence-corrected chi connectivity index (χ3v) is 7.44. The molecule has 0 aliphatic heterocycles. The molecule has 0 saturated heterocycles. The van der Waals surface area contributed by atoms with Crippen molar-refractivity contribution in [3.8, 4) is 0 Å². The number of halogens is 1. The van der Waals surface area contributed by atoms with E-state index in [4.69, 9.17) is 11.6 Å². The topological polar surface area (TPSA) is 34.1 Å². The normalized spacial score (nSPS) is 28.6. The van der Waals surface area contributed by atoms with E-state index in [1.54, 1.807) is 0 Å². The van der Waals surface area contributed by atoms with Crippen LogP contribution in [0.5, 0.6) is 0 Å². The van der Waals surface area contributed by atoms with Crippen molar-refractivity contribution in [1.82, 2.24) is 0 Å². The van der Waals surface area contributed by atoms with Gasteiger partial charge in [0.15, 0.2) is 0 Å². The van der Waals surface area contributed by atoms with Gasteiger partial charge in [-0.05, 0) is 55.3 Å². The molecule has 0 aromatic rings. The van der Waals surface area contributed by atoms with E-state index in [0.29, 0.717) is 29.2 Å². The Bertz CT molecular complexity index is 387. The Kier molecular flexibility index (Phi) is 6.40. The average Bonchev–Trinajstić information content (AvgIpc) is 2.36. The van der Waals surface area contributed by atoms with Crippen molar-refractivity contribution in [3.63, 3.8) is 0 Å². The van der Waals surface area contributed by atoms with Crippen LogP contribution in [0.3, 0.4) is 0 Å². The van der Waals surface area contributed by atoms with Crippen LogP contribution in [0.2, 0.25) is 0 Å². The second-order valence-electron chi connectivity index (χ2n) is 7.68. The fraction of sp³-hybridized carbons (Fsp3) is 1.00. The molecule has 1 aliphatic carbocycles. The number of alkyl halides is 1. The van der Waals surface area contributed by atoms with Crippen molar-refractivity contribution in [2.24, 2.45) is 16.7 Å². The van der Waals surface area contributed by atoms with Crippen molar-refractivity contribution in [3.05, 3.63) is 0 Å². The minimum atomic E-state index is -2.88. The van der Waals surface area contributed by atoms with Crippen LogP contribution in [0.1, 0.15) is 66.2 Å². The van der Waals surface area contributed by atoms with Gasteiger partial charge in [0, 0.05) is 11.6 Å². The molecule has 0 heterocycles. The maximum absolute atomic E-state index is 11.9. The van der Waals surface area contributed by atoms with E-state index in [0.717, 1.165) is 25.2 Å². The molecule has 0 radical (unpaired) electrons. The molecule has 1 rings (SSSR count). The predicted octanol–water partition coefficient (Wildman–Crippen LogP) is 4.66. The van der Waals surface area contributed by atoms with Crippen LogP contribution in [-0.4, -0.2) is 25.8 Å².